The number of pyridine rings is 1. The molecule has 0 saturated carbocycles. The van der Waals surface area contributed by atoms with Gasteiger partial charge in [-0.15, -0.1) is 0 Å². The smallest absolute Gasteiger partial charge is 0.224 e. The quantitative estimate of drug-likeness (QED) is 0.765. The number of aromatic nitrogens is 1. The van der Waals surface area contributed by atoms with Crippen LogP contribution in [-0.2, 0) is 11.2 Å². The van der Waals surface area contributed by atoms with Crippen molar-refractivity contribution in [2.45, 2.75) is 12.8 Å². The third kappa shape index (κ3) is 4.08. The molecule has 1 rings (SSSR count). The molecule has 1 N–H and O–H groups in total. The predicted octanol–water partition coefficient (Wildman–Crippen LogP) is 0.465. The van der Waals surface area contributed by atoms with Crippen molar-refractivity contribution in [3.63, 3.8) is 0 Å². The minimum Gasteiger partial charge on any atom is -0.396 e. The lowest BCUT2D eigenvalue weighted by atomic mass is 10.2. The van der Waals surface area contributed by atoms with E-state index in [-0.39, 0.29) is 18.9 Å². The zero-order chi connectivity index (χ0) is 11.1. The maximum Gasteiger partial charge on any atom is 0.224 e. The monoisotopic (exact) mass is 208 g/mol. The fraction of sp³-hybridized carbons (Fsp3) is 0.455. The fourth-order valence-electron chi connectivity index (χ4n) is 1.25. The summed E-state index contributed by atoms with van der Waals surface area (Å²) >= 11 is 0. The second kappa shape index (κ2) is 6.14. The molecule has 4 nitrogen and oxygen atoms in total. The minimum atomic E-state index is -0.0872. The molecule has 0 fully saturated rings. The van der Waals surface area contributed by atoms with Gasteiger partial charge >= 0.3 is 0 Å². The largest absolute Gasteiger partial charge is 0.396 e. The van der Waals surface area contributed by atoms with Crippen molar-refractivity contribution < 1.29 is 9.90 Å². The summed E-state index contributed by atoms with van der Waals surface area (Å²) in [4.78, 5) is 16.9. The molecule has 0 saturated heterocycles. The van der Waals surface area contributed by atoms with E-state index in [4.69, 9.17) is 5.11 Å². The van der Waals surface area contributed by atoms with Crippen LogP contribution in [0.4, 0.5) is 0 Å². The zero-order valence-electron chi connectivity index (χ0n) is 8.89. The van der Waals surface area contributed by atoms with Crippen molar-refractivity contribution in [2.75, 3.05) is 20.2 Å². The molecule has 1 amide bonds. The molecule has 15 heavy (non-hydrogen) atoms. The summed E-state index contributed by atoms with van der Waals surface area (Å²) in [5.74, 6) is -0.0265. The first-order valence-corrected chi connectivity index (χ1v) is 4.97. The van der Waals surface area contributed by atoms with Gasteiger partial charge in [-0.05, 0) is 18.1 Å². The van der Waals surface area contributed by atoms with E-state index in [2.05, 4.69) is 4.98 Å². The van der Waals surface area contributed by atoms with Crippen LogP contribution in [0.1, 0.15) is 12.0 Å². The lowest BCUT2D eigenvalue weighted by molar-refractivity contribution is -0.130. The van der Waals surface area contributed by atoms with Gasteiger partial charge in [-0.3, -0.25) is 9.78 Å². The maximum absolute atomic E-state index is 11.3. The molecule has 1 aromatic rings. The predicted molar refractivity (Wildman–Crippen MR) is 57.3 cm³/mol. The van der Waals surface area contributed by atoms with Crippen LogP contribution in [0.25, 0.3) is 0 Å². The van der Waals surface area contributed by atoms with Gasteiger partial charge in [0, 0.05) is 32.4 Å². The summed E-state index contributed by atoms with van der Waals surface area (Å²) in [6.45, 7) is 0.570. The summed E-state index contributed by atoms with van der Waals surface area (Å²) in [6, 6.07) is 3.86. The fourth-order valence-corrected chi connectivity index (χ4v) is 1.25. The Kier molecular flexibility index (Phi) is 4.77. The summed E-state index contributed by atoms with van der Waals surface area (Å²) in [7, 11) is 1.74. The van der Waals surface area contributed by atoms with Crippen molar-refractivity contribution in [1.82, 2.24) is 9.88 Å². The summed E-state index contributed by atoms with van der Waals surface area (Å²) in [5, 5.41) is 8.61. The molecule has 0 atom stereocenters. The van der Waals surface area contributed by atoms with Crippen LogP contribution in [-0.4, -0.2) is 41.1 Å². The number of aliphatic hydroxyl groups is 1. The first kappa shape index (κ1) is 11.7. The average Bonchev–Trinajstić information content (AvgIpc) is 2.27. The van der Waals surface area contributed by atoms with Gasteiger partial charge < -0.3 is 10.0 Å². The van der Waals surface area contributed by atoms with E-state index in [1.807, 2.05) is 12.1 Å². The van der Waals surface area contributed by atoms with E-state index in [0.717, 1.165) is 12.0 Å². The highest BCUT2D eigenvalue weighted by atomic mass is 16.3. The summed E-state index contributed by atoms with van der Waals surface area (Å²) in [6.07, 6.45) is 4.51. The number of likely N-dealkylation sites (N-methyl/N-ethyl adjacent to an activating group) is 1. The highest BCUT2D eigenvalue weighted by Gasteiger charge is 2.07. The van der Waals surface area contributed by atoms with Crippen molar-refractivity contribution >= 4 is 5.91 Å². The number of hydrogen-bond acceptors (Lipinski definition) is 3. The van der Waals surface area contributed by atoms with Gasteiger partial charge in [0.15, 0.2) is 0 Å². The Balaban J connectivity index is 2.34. The molecular formula is C11H16N2O2. The standard InChI is InChI=1S/C11H16N2O2/c1-13(11(15)5-8-14)7-4-10-3-2-6-12-9-10/h2-3,6,9,14H,4-5,7-8H2,1H3. The van der Waals surface area contributed by atoms with Gasteiger partial charge in [0.05, 0.1) is 6.61 Å². The van der Waals surface area contributed by atoms with Crippen LogP contribution in [0, 0.1) is 0 Å². The molecule has 82 valence electrons. The van der Waals surface area contributed by atoms with E-state index in [0.29, 0.717) is 6.54 Å². The van der Waals surface area contributed by atoms with Gasteiger partial charge in [0.25, 0.3) is 0 Å². The number of aliphatic hydroxyl groups excluding tert-OH is 1. The Labute approximate surface area is 89.6 Å². The van der Waals surface area contributed by atoms with Gasteiger partial charge in [-0.25, -0.2) is 0 Å². The molecule has 0 aliphatic rings. The van der Waals surface area contributed by atoms with E-state index in [1.54, 1.807) is 24.3 Å². The molecule has 0 unspecified atom stereocenters. The molecular weight excluding hydrogens is 192 g/mol. The average molecular weight is 208 g/mol. The second-order valence-electron chi connectivity index (χ2n) is 3.40. The molecule has 1 aromatic heterocycles. The van der Waals surface area contributed by atoms with Crippen LogP contribution in [0.5, 0.6) is 0 Å². The highest BCUT2D eigenvalue weighted by molar-refractivity contribution is 5.75. The Morgan fingerprint density at radius 1 is 1.60 bits per heavy atom. The normalized spacial score (nSPS) is 10.0. The number of rotatable bonds is 5. The second-order valence-corrected chi connectivity index (χ2v) is 3.40. The molecule has 1 heterocycles. The van der Waals surface area contributed by atoms with Crippen LogP contribution in [0.2, 0.25) is 0 Å². The van der Waals surface area contributed by atoms with Crippen molar-refractivity contribution in [3.8, 4) is 0 Å². The molecule has 0 aromatic carbocycles. The van der Waals surface area contributed by atoms with Crippen molar-refractivity contribution in [1.29, 1.82) is 0 Å². The van der Waals surface area contributed by atoms with E-state index in [1.165, 1.54) is 0 Å². The van der Waals surface area contributed by atoms with Crippen LogP contribution in [0.3, 0.4) is 0 Å². The number of hydrogen-bond donors (Lipinski definition) is 1. The van der Waals surface area contributed by atoms with Gasteiger partial charge in [0.2, 0.25) is 5.91 Å². The Hall–Kier alpha value is -1.42. The summed E-state index contributed by atoms with van der Waals surface area (Å²) in [5.41, 5.74) is 1.11. The molecule has 0 spiro atoms. The van der Waals surface area contributed by atoms with Crippen molar-refractivity contribution in [2.24, 2.45) is 0 Å². The van der Waals surface area contributed by atoms with Crippen LogP contribution < -0.4 is 0 Å². The van der Waals surface area contributed by atoms with Crippen LogP contribution >= 0.6 is 0 Å². The number of carbonyl (C=O) groups is 1. The maximum atomic E-state index is 11.3. The summed E-state index contributed by atoms with van der Waals surface area (Å²) < 4.78 is 0. The Bertz CT molecular complexity index is 301. The molecule has 0 aliphatic heterocycles. The lowest BCUT2D eigenvalue weighted by Crippen LogP contribution is -2.29. The van der Waals surface area contributed by atoms with Gasteiger partial charge in [-0.1, -0.05) is 6.07 Å². The zero-order valence-corrected chi connectivity index (χ0v) is 8.89. The molecule has 0 bridgehead atoms. The van der Waals surface area contributed by atoms with E-state index < -0.39 is 0 Å². The Morgan fingerprint density at radius 2 is 2.40 bits per heavy atom. The van der Waals surface area contributed by atoms with Crippen molar-refractivity contribution in [3.05, 3.63) is 30.1 Å². The minimum absolute atomic E-state index is 0.0265. The topological polar surface area (TPSA) is 53.4 Å². The number of amides is 1. The third-order valence-corrected chi connectivity index (χ3v) is 2.21. The lowest BCUT2D eigenvalue weighted by Gasteiger charge is -2.16. The highest BCUT2D eigenvalue weighted by Crippen LogP contribution is 1.99. The van der Waals surface area contributed by atoms with E-state index in [9.17, 15) is 4.79 Å². The molecule has 4 heteroatoms. The SMILES string of the molecule is CN(CCc1cccnc1)C(=O)CCO. The first-order chi connectivity index (χ1) is 7.24. The Morgan fingerprint density at radius 3 is 3.00 bits per heavy atom. The van der Waals surface area contributed by atoms with Crippen LogP contribution in [0.15, 0.2) is 24.5 Å². The van der Waals surface area contributed by atoms with E-state index >= 15 is 0 Å². The third-order valence-electron chi connectivity index (χ3n) is 2.21. The van der Waals surface area contributed by atoms with Gasteiger partial charge in [-0.2, -0.15) is 0 Å². The van der Waals surface area contributed by atoms with Gasteiger partial charge in [0.1, 0.15) is 0 Å². The number of nitrogens with zero attached hydrogens (tertiary/aromatic N) is 2. The molecule has 0 radical (unpaired) electrons. The first-order valence-electron chi connectivity index (χ1n) is 4.97. The molecule has 0 aliphatic carbocycles. The number of carbonyl (C=O) groups excluding carboxylic acids is 1.